The minimum Gasteiger partial charge on any atom is -0.508 e. The summed E-state index contributed by atoms with van der Waals surface area (Å²) in [6, 6.07) is 20.9. The highest BCUT2D eigenvalue weighted by molar-refractivity contribution is 6.30. The molecule has 3 aromatic rings. The van der Waals surface area contributed by atoms with Gasteiger partial charge in [0, 0.05) is 22.9 Å². The van der Waals surface area contributed by atoms with Crippen molar-refractivity contribution >= 4 is 17.4 Å². The number of ketones is 1. The van der Waals surface area contributed by atoms with E-state index < -0.39 is 0 Å². The molecule has 0 bridgehead atoms. The zero-order valence-electron chi connectivity index (χ0n) is 13.6. The number of hydrogen-bond donors (Lipinski definition) is 1. The summed E-state index contributed by atoms with van der Waals surface area (Å²) in [4.78, 5) is 12.7. The first-order valence-corrected chi connectivity index (χ1v) is 8.68. The van der Waals surface area contributed by atoms with Crippen molar-refractivity contribution in [1.82, 2.24) is 0 Å². The maximum Gasteiger partial charge on any atom is 0.167 e. The van der Waals surface area contributed by atoms with Gasteiger partial charge in [-0.15, -0.1) is 0 Å². The molecule has 124 valence electrons. The first kappa shape index (κ1) is 15.9. The molecule has 2 nitrogen and oxygen atoms in total. The first-order valence-electron chi connectivity index (χ1n) is 8.30. The van der Waals surface area contributed by atoms with Crippen LogP contribution in [-0.2, 0) is 12.8 Å². The lowest BCUT2D eigenvalue weighted by Gasteiger charge is -2.20. The van der Waals surface area contributed by atoms with E-state index in [1.807, 2.05) is 54.6 Å². The van der Waals surface area contributed by atoms with Crippen LogP contribution in [0.4, 0.5) is 0 Å². The van der Waals surface area contributed by atoms with Crippen LogP contribution in [0.1, 0.15) is 38.5 Å². The van der Waals surface area contributed by atoms with E-state index in [2.05, 4.69) is 0 Å². The van der Waals surface area contributed by atoms with Gasteiger partial charge in [-0.2, -0.15) is 0 Å². The fraction of sp³-hybridized carbons (Fsp3) is 0.136. The van der Waals surface area contributed by atoms with E-state index in [-0.39, 0.29) is 17.5 Å². The molecule has 0 saturated carbocycles. The molecule has 0 saturated heterocycles. The van der Waals surface area contributed by atoms with Gasteiger partial charge >= 0.3 is 0 Å². The molecule has 0 radical (unpaired) electrons. The normalized spacial score (nSPS) is 16.0. The van der Waals surface area contributed by atoms with Crippen LogP contribution in [0.15, 0.2) is 66.7 Å². The maximum absolute atomic E-state index is 12.7. The number of hydrogen-bond acceptors (Lipinski definition) is 2. The highest BCUT2D eigenvalue weighted by atomic mass is 35.5. The molecular weight excluding hydrogens is 332 g/mol. The van der Waals surface area contributed by atoms with E-state index in [0.717, 1.165) is 27.8 Å². The van der Waals surface area contributed by atoms with E-state index in [1.54, 1.807) is 12.1 Å². The second-order valence-corrected chi connectivity index (χ2v) is 6.89. The number of halogens is 1. The standard InChI is InChI=1S/C22H17ClO2/c23-16-9-8-15-12-22(25)19-7-2-1-6-18(19)21(20(15)13-16)11-14-4-3-5-17(24)10-14/h1-10,13,21,24H,11-12H2. The van der Waals surface area contributed by atoms with Crippen molar-refractivity contribution in [2.75, 3.05) is 0 Å². The average molecular weight is 349 g/mol. The second-order valence-electron chi connectivity index (χ2n) is 6.46. The Kier molecular flexibility index (Phi) is 4.06. The molecular formula is C22H17ClO2. The first-order chi connectivity index (χ1) is 12.1. The summed E-state index contributed by atoms with van der Waals surface area (Å²) in [6.07, 6.45) is 1.09. The van der Waals surface area contributed by atoms with E-state index in [1.165, 1.54) is 0 Å². The van der Waals surface area contributed by atoms with Crippen molar-refractivity contribution in [2.45, 2.75) is 18.8 Å². The second kappa shape index (κ2) is 6.38. The van der Waals surface area contributed by atoms with Gasteiger partial charge in [-0.05, 0) is 52.9 Å². The van der Waals surface area contributed by atoms with Crippen molar-refractivity contribution in [1.29, 1.82) is 0 Å². The third-order valence-electron chi connectivity index (χ3n) is 4.82. The number of carbonyl (C=O) groups is 1. The van der Waals surface area contributed by atoms with Crippen LogP contribution < -0.4 is 0 Å². The minimum atomic E-state index is 0.0261. The molecule has 4 rings (SSSR count). The van der Waals surface area contributed by atoms with Gasteiger partial charge in [0.15, 0.2) is 5.78 Å². The highest BCUT2D eigenvalue weighted by Gasteiger charge is 2.27. The Morgan fingerprint density at radius 3 is 2.64 bits per heavy atom. The lowest BCUT2D eigenvalue weighted by Crippen LogP contribution is -2.08. The van der Waals surface area contributed by atoms with Crippen LogP contribution in [0.2, 0.25) is 5.02 Å². The number of aromatic hydroxyl groups is 1. The molecule has 3 aromatic carbocycles. The fourth-order valence-electron chi connectivity index (χ4n) is 3.68. The van der Waals surface area contributed by atoms with Gasteiger partial charge in [0.2, 0.25) is 0 Å². The summed E-state index contributed by atoms with van der Waals surface area (Å²) < 4.78 is 0. The lowest BCUT2D eigenvalue weighted by atomic mass is 9.83. The summed E-state index contributed by atoms with van der Waals surface area (Å²) in [7, 11) is 0. The van der Waals surface area contributed by atoms with Crippen LogP contribution >= 0.6 is 11.6 Å². The Morgan fingerprint density at radius 1 is 0.960 bits per heavy atom. The number of rotatable bonds is 2. The van der Waals surface area contributed by atoms with E-state index in [0.29, 0.717) is 17.9 Å². The van der Waals surface area contributed by atoms with E-state index in [4.69, 9.17) is 11.6 Å². The monoisotopic (exact) mass is 348 g/mol. The average Bonchev–Trinajstić information content (AvgIpc) is 2.71. The van der Waals surface area contributed by atoms with Crippen molar-refractivity contribution in [3.63, 3.8) is 0 Å². The maximum atomic E-state index is 12.7. The molecule has 0 heterocycles. The molecule has 1 atom stereocenters. The van der Waals surface area contributed by atoms with Gasteiger partial charge in [0.05, 0.1) is 0 Å². The molecule has 1 unspecified atom stereocenters. The summed E-state index contributed by atoms with van der Waals surface area (Å²) in [5.74, 6) is 0.414. The molecule has 0 aromatic heterocycles. The van der Waals surface area contributed by atoms with Gasteiger partial charge in [-0.25, -0.2) is 0 Å². The summed E-state index contributed by atoms with van der Waals surface area (Å²) >= 11 is 6.26. The topological polar surface area (TPSA) is 37.3 Å². The molecule has 0 spiro atoms. The summed E-state index contributed by atoms with van der Waals surface area (Å²) in [5.41, 5.74) is 4.95. The molecule has 1 aliphatic carbocycles. The van der Waals surface area contributed by atoms with Crippen molar-refractivity contribution in [3.8, 4) is 5.75 Å². The molecule has 3 heteroatoms. The number of Topliss-reactive ketones (excluding diaryl/α,β-unsaturated/α-hetero) is 1. The third kappa shape index (κ3) is 3.06. The van der Waals surface area contributed by atoms with Crippen molar-refractivity contribution in [3.05, 3.63) is 99.6 Å². The molecule has 1 aliphatic rings. The SMILES string of the molecule is O=C1Cc2ccc(Cl)cc2C(Cc2cccc(O)c2)c2ccccc21. The Labute approximate surface area is 151 Å². The van der Waals surface area contributed by atoms with Gasteiger partial charge < -0.3 is 5.11 Å². The molecule has 0 fully saturated rings. The number of benzene rings is 3. The summed E-state index contributed by atoms with van der Waals surface area (Å²) in [6.45, 7) is 0. The third-order valence-corrected chi connectivity index (χ3v) is 5.06. The van der Waals surface area contributed by atoms with E-state index in [9.17, 15) is 9.90 Å². The predicted molar refractivity (Wildman–Crippen MR) is 99.6 cm³/mol. The number of carbonyl (C=O) groups excluding carboxylic acids is 1. The van der Waals surface area contributed by atoms with Crippen LogP contribution in [0.25, 0.3) is 0 Å². The number of phenols is 1. The van der Waals surface area contributed by atoms with Crippen LogP contribution in [0.3, 0.4) is 0 Å². The van der Waals surface area contributed by atoms with Crippen LogP contribution in [-0.4, -0.2) is 10.9 Å². The molecule has 25 heavy (non-hydrogen) atoms. The quantitative estimate of drug-likeness (QED) is 0.694. The van der Waals surface area contributed by atoms with Crippen molar-refractivity contribution < 1.29 is 9.90 Å². The minimum absolute atomic E-state index is 0.0261. The number of fused-ring (bicyclic) bond motifs is 2. The zero-order chi connectivity index (χ0) is 17.4. The highest BCUT2D eigenvalue weighted by Crippen LogP contribution is 2.38. The van der Waals surface area contributed by atoms with Crippen molar-refractivity contribution in [2.24, 2.45) is 0 Å². The van der Waals surface area contributed by atoms with Gasteiger partial charge in [-0.1, -0.05) is 54.1 Å². The van der Waals surface area contributed by atoms with Gasteiger partial charge in [-0.3, -0.25) is 4.79 Å². The Hall–Kier alpha value is -2.58. The molecule has 1 N–H and O–H groups in total. The lowest BCUT2D eigenvalue weighted by molar-refractivity contribution is 0.0993. The zero-order valence-corrected chi connectivity index (χ0v) is 14.3. The molecule has 0 aliphatic heterocycles. The van der Waals surface area contributed by atoms with Gasteiger partial charge in [0.1, 0.15) is 5.75 Å². The largest absolute Gasteiger partial charge is 0.508 e. The molecule has 0 amide bonds. The number of phenolic OH excluding ortho intramolecular Hbond substituents is 1. The smallest absolute Gasteiger partial charge is 0.167 e. The fourth-order valence-corrected chi connectivity index (χ4v) is 3.86. The Balaban J connectivity index is 1.90. The summed E-state index contributed by atoms with van der Waals surface area (Å²) in [5, 5.41) is 10.5. The van der Waals surface area contributed by atoms with E-state index >= 15 is 0 Å². The van der Waals surface area contributed by atoms with Crippen LogP contribution in [0, 0.1) is 0 Å². The van der Waals surface area contributed by atoms with Gasteiger partial charge in [0.25, 0.3) is 0 Å². The predicted octanol–water partition coefficient (Wildman–Crippen LogP) is 5.16. The van der Waals surface area contributed by atoms with Crippen LogP contribution in [0.5, 0.6) is 5.75 Å². The Bertz CT molecular complexity index is 962. The Morgan fingerprint density at radius 2 is 1.80 bits per heavy atom.